The van der Waals surface area contributed by atoms with Crippen LogP contribution >= 0.6 is 0 Å². The number of rotatable bonds is 9. The van der Waals surface area contributed by atoms with Crippen LogP contribution in [0.1, 0.15) is 49.9 Å². The van der Waals surface area contributed by atoms with E-state index in [0.29, 0.717) is 13.1 Å². The van der Waals surface area contributed by atoms with Crippen molar-refractivity contribution in [3.8, 4) is 0 Å². The second kappa shape index (κ2) is 9.64. The lowest BCUT2D eigenvalue weighted by atomic mass is 10.2. The van der Waals surface area contributed by atoms with Gasteiger partial charge in [0.2, 0.25) is 11.8 Å². The summed E-state index contributed by atoms with van der Waals surface area (Å²) in [7, 11) is 0. The summed E-state index contributed by atoms with van der Waals surface area (Å²) in [5.74, 6) is -2.66. The number of hydrogen-bond donors (Lipinski definition) is 2. The van der Waals surface area contributed by atoms with Gasteiger partial charge >= 0.3 is 5.97 Å². The number of carboxylic acids is 1. The summed E-state index contributed by atoms with van der Waals surface area (Å²) in [6.45, 7) is 5.26. The molecule has 0 aliphatic heterocycles. The predicted octanol–water partition coefficient (Wildman–Crippen LogP) is 2.89. The summed E-state index contributed by atoms with van der Waals surface area (Å²) >= 11 is 0. The zero-order chi connectivity index (χ0) is 18.1. The molecule has 1 aromatic carbocycles. The SMILES string of the molecule is CCCN(CCC)C(=O)CCC(=O)Nc1ccc(C(=O)O)cc1F. The smallest absolute Gasteiger partial charge is 0.335 e. The summed E-state index contributed by atoms with van der Waals surface area (Å²) in [6.07, 6.45) is 1.70. The van der Waals surface area contributed by atoms with E-state index < -0.39 is 17.7 Å². The van der Waals surface area contributed by atoms with E-state index in [4.69, 9.17) is 5.11 Å². The van der Waals surface area contributed by atoms with Crippen LogP contribution in [0.5, 0.6) is 0 Å². The Hall–Kier alpha value is -2.44. The highest BCUT2D eigenvalue weighted by Gasteiger charge is 2.15. The first-order valence-corrected chi connectivity index (χ1v) is 7.99. The molecule has 0 saturated heterocycles. The van der Waals surface area contributed by atoms with Crippen molar-refractivity contribution in [2.24, 2.45) is 0 Å². The molecule has 1 rings (SSSR count). The van der Waals surface area contributed by atoms with Crippen molar-refractivity contribution in [3.63, 3.8) is 0 Å². The Morgan fingerprint density at radius 2 is 1.75 bits per heavy atom. The Morgan fingerprint density at radius 3 is 2.25 bits per heavy atom. The zero-order valence-electron chi connectivity index (χ0n) is 14.0. The van der Waals surface area contributed by atoms with Gasteiger partial charge in [-0.25, -0.2) is 9.18 Å². The molecule has 6 nitrogen and oxygen atoms in total. The Balaban J connectivity index is 2.57. The Labute approximate surface area is 140 Å². The molecular formula is C17H23FN2O4. The zero-order valence-corrected chi connectivity index (χ0v) is 14.0. The van der Waals surface area contributed by atoms with Gasteiger partial charge in [0.25, 0.3) is 0 Å². The lowest BCUT2D eigenvalue weighted by Crippen LogP contribution is -2.33. The summed E-state index contributed by atoms with van der Waals surface area (Å²) < 4.78 is 13.7. The molecule has 0 aromatic heterocycles. The number of benzene rings is 1. The van der Waals surface area contributed by atoms with Crippen molar-refractivity contribution in [2.45, 2.75) is 39.5 Å². The Bertz CT molecular complexity index is 598. The molecule has 1 aromatic rings. The number of nitrogens with one attached hydrogen (secondary N) is 1. The van der Waals surface area contributed by atoms with E-state index in [1.165, 1.54) is 12.1 Å². The number of carbonyl (C=O) groups is 3. The summed E-state index contributed by atoms with van der Waals surface area (Å²) in [4.78, 5) is 36.4. The van der Waals surface area contributed by atoms with E-state index in [1.807, 2.05) is 13.8 Å². The van der Waals surface area contributed by atoms with Gasteiger partial charge in [0, 0.05) is 25.9 Å². The normalized spacial score (nSPS) is 10.3. The van der Waals surface area contributed by atoms with Crippen LogP contribution in [0, 0.1) is 5.82 Å². The van der Waals surface area contributed by atoms with Crippen molar-refractivity contribution in [1.82, 2.24) is 4.90 Å². The Morgan fingerprint density at radius 1 is 1.12 bits per heavy atom. The number of anilines is 1. The minimum Gasteiger partial charge on any atom is -0.478 e. The van der Waals surface area contributed by atoms with Crippen molar-refractivity contribution in [2.75, 3.05) is 18.4 Å². The maximum atomic E-state index is 13.7. The molecule has 0 bridgehead atoms. The quantitative estimate of drug-likeness (QED) is 0.725. The Kier molecular flexibility index (Phi) is 7.88. The highest BCUT2D eigenvalue weighted by Crippen LogP contribution is 2.16. The average Bonchev–Trinajstić information content (AvgIpc) is 2.54. The maximum Gasteiger partial charge on any atom is 0.335 e. The third-order valence-electron chi connectivity index (χ3n) is 3.40. The van der Waals surface area contributed by atoms with Gasteiger partial charge in [0.15, 0.2) is 0 Å². The highest BCUT2D eigenvalue weighted by molar-refractivity contribution is 5.94. The molecule has 24 heavy (non-hydrogen) atoms. The number of carboxylic acid groups (broad SMARTS) is 1. The minimum atomic E-state index is -1.25. The van der Waals surface area contributed by atoms with Gasteiger partial charge in [0.1, 0.15) is 5.82 Å². The molecule has 0 spiro atoms. The molecule has 0 aliphatic carbocycles. The highest BCUT2D eigenvalue weighted by atomic mass is 19.1. The standard InChI is InChI=1S/C17H23FN2O4/c1-3-9-20(10-4-2)16(22)8-7-15(21)19-14-6-5-12(17(23)24)11-13(14)18/h5-6,11H,3-4,7-10H2,1-2H3,(H,19,21)(H,23,24). The number of nitrogens with zero attached hydrogens (tertiary/aromatic N) is 1. The molecule has 0 saturated carbocycles. The third kappa shape index (κ3) is 5.98. The van der Waals surface area contributed by atoms with Crippen LogP contribution in [0.2, 0.25) is 0 Å². The summed E-state index contributed by atoms with van der Waals surface area (Å²) in [6, 6.07) is 3.24. The molecule has 7 heteroatoms. The molecule has 132 valence electrons. The van der Waals surface area contributed by atoms with Crippen molar-refractivity contribution >= 4 is 23.5 Å². The van der Waals surface area contributed by atoms with E-state index in [1.54, 1.807) is 4.90 Å². The molecule has 0 aliphatic rings. The molecule has 0 fully saturated rings. The molecule has 0 heterocycles. The number of carbonyl (C=O) groups excluding carboxylic acids is 2. The first kappa shape index (κ1) is 19.6. The lowest BCUT2D eigenvalue weighted by molar-refractivity contribution is -0.133. The number of amides is 2. The van der Waals surface area contributed by atoms with Crippen LogP contribution < -0.4 is 5.32 Å². The second-order valence-electron chi connectivity index (χ2n) is 5.43. The van der Waals surface area contributed by atoms with E-state index in [2.05, 4.69) is 5.32 Å². The molecule has 2 amide bonds. The second-order valence-corrected chi connectivity index (χ2v) is 5.43. The number of hydrogen-bond acceptors (Lipinski definition) is 3. The summed E-state index contributed by atoms with van der Waals surface area (Å²) in [5.41, 5.74) is -0.299. The monoisotopic (exact) mass is 338 g/mol. The molecule has 0 radical (unpaired) electrons. The van der Waals surface area contributed by atoms with Crippen LogP contribution in [-0.4, -0.2) is 40.9 Å². The fourth-order valence-electron chi connectivity index (χ4n) is 2.24. The van der Waals surface area contributed by atoms with Gasteiger partial charge in [-0.05, 0) is 31.0 Å². The maximum absolute atomic E-state index is 13.7. The number of aromatic carboxylic acids is 1. The summed E-state index contributed by atoms with van der Waals surface area (Å²) in [5, 5.41) is 11.1. The first-order chi connectivity index (χ1) is 11.4. The van der Waals surface area contributed by atoms with Gasteiger partial charge in [-0.1, -0.05) is 13.8 Å². The van der Waals surface area contributed by atoms with Crippen LogP contribution in [0.25, 0.3) is 0 Å². The molecular weight excluding hydrogens is 315 g/mol. The van der Waals surface area contributed by atoms with Gasteiger partial charge < -0.3 is 15.3 Å². The van der Waals surface area contributed by atoms with Crippen LogP contribution in [0.15, 0.2) is 18.2 Å². The molecule has 2 N–H and O–H groups in total. The topological polar surface area (TPSA) is 86.7 Å². The van der Waals surface area contributed by atoms with Gasteiger partial charge in [-0.2, -0.15) is 0 Å². The first-order valence-electron chi connectivity index (χ1n) is 7.99. The molecule has 0 atom stereocenters. The van der Waals surface area contributed by atoms with E-state index >= 15 is 0 Å². The fourth-order valence-corrected chi connectivity index (χ4v) is 2.24. The lowest BCUT2D eigenvalue weighted by Gasteiger charge is -2.21. The van der Waals surface area contributed by atoms with E-state index in [9.17, 15) is 18.8 Å². The van der Waals surface area contributed by atoms with E-state index in [0.717, 1.165) is 18.9 Å². The van der Waals surface area contributed by atoms with Gasteiger partial charge in [-0.15, -0.1) is 0 Å². The fraction of sp³-hybridized carbons (Fsp3) is 0.471. The third-order valence-corrected chi connectivity index (χ3v) is 3.40. The van der Waals surface area contributed by atoms with Crippen LogP contribution in [0.4, 0.5) is 10.1 Å². The van der Waals surface area contributed by atoms with Crippen molar-refractivity contribution in [1.29, 1.82) is 0 Å². The van der Waals surface area contributed by atoms with Crippen LogP contribution in [-0.2, 0) is 9.59 Å². The van der Waals surface area contributed by atoms with Crippen molar-refractivity contribution in [3.05, 3.63) is 29.6 Å². The minimum absolute atomic E-state index is 0.0527. The van der Waals surface area contributed by atoms with Gasteiger partial charge in [0.05, 0.1) is 11.3 Å². The molecule has 0 unspecified atom stereocenters. The predicted molar refractivity (Wildman–Crippen MR) is 88.4 cm³/mol. The number of halogens is 1. The average molecular weight is 338 g/mol. The van der Waals surface area contributed by atoms with E-state index in [-0.39, 0.29) is 30.0 Å². The largest absolute Gasteiger partial charge is 0.478 e. The van der Waals surface area contributed by atoms with Crippen molar-refractivity contribution < 1.29 is 23.9 Å². The van der Waals surface area contributed by atoms with Crippen LogP contribution in [0.3, 0.4) is 0 Å². The van der Waals surface area contributed by atoms with Gasteiger partial charge in [-0.3, -0.25) is 9.59 Å².